The van der Waals surface area contributed by atoms with Crippen molar-refractivity contribution in [3.63, 3.8) is 0 Å². The summed E-state index contributed by atoms with van der Waals surface area (Å²) in [6.45, 7) is 6.59. The van der Waals surface area contributed by atoms with Gasteiger partial charge in [0.15, 0.2) is 0 Å². The van der Waals surface area contributed by atoms with Gasteiger partial charge >= 0.3 is 5.97 Å². The van der Waals surface area contributed by atoms with Crippen LogP contribution in [0.4, 0.5) is 5.69 Å². The Bertz CT molecular complexity index is 1190. The van der Waals surface area contributed by atoms with Crippen LogP contribution in [-0.2, 0) is 22.5 Å². The summed E-state index contributed by atoms with van der Waals surface area (Å²) in [5, 5.41) is 1.80. The average Bonchev–Trinajstić information content (AvgIpc) is 3.16. The molecule has 33 heavy (non-hydrogen) atoms. The molecular weight excluding hydrogens is 418 g/mol. The van der Waals surface area contributed by atoms with Crippen molar-refractivity contribution >= 4 is 28.3 Å². The van der Waals surface area contributed by atoms with Crippen molar-refractivity contribution in [2.45, 2.75) is 46.3 Å². The van der Waals surface area contributed by atoms with E-state index in [1.807, 2.05) is 55.5 Å². The molecule has 1 amide bonds. The Labute approximate surface area is 194 Å². The molecule has 0 spiro atoms. The maximum absolute atomic E-state index is 13.7. The largest absolute Gasteiger partial charge is 0.496 e. The van der Waals surface area contributed by atoms with Crippen LogP contribution < -0.4 is 14.4 Å². The van der Waals surface area contributed by atoms with Crippen LogP contribution in [0.2, 0.25) is 0 Å². The van der Waals surface area contributed by atoms with Crippen molar-refractivity contribution in [1.29, 1.82) is 0 Å². The number of ether oxygens (including phenoxy) is 3. The van der Waals surface area contributed by atoms with Gasteiger partial charge in [-0.3, -0.25) is 9.59 Å². The molecule has 0 saturated heterocycles. The van der Waals surface area contributed by atoms with E-state index < -0.39 is 0 Å². The summed E-state index contributed by atoms with van der Waals surface area (Å²) in [5.41, 5.74) is 2.98. The van der Waals surface area contributed by atoms with Gasteiger partial charge in [0.25, 0.3) is 5.91 Å². The van der Waals surface area contributed by atoms with Crippen molar-refractivity contribution in [2.24, 2.45) is 0 Å². The number of benzene rings is 3. The summed E-state index contributed by atoms with van der Waals surface area (Å²) in [6.07, 6.45) is 0.999. The van der Waals surface area contributed by atoms with Crippen LogP contribution in [0.5, 0.6) is 11.5 Å². The van der Waals surface area contributed by atoms with Crippen LogP contribution in [0.3, 0.4) is 0 Å². The SMILES string of the molecule is CCOC(=O)Cc1ccc(N2Cc3c(c(OC(C)CC)c4ccccc4c3OC)C2=O)cc1. The van der Waals surface area contributed by atoms with Gasteiger partial charge in [-0.1, -0.05) is 43.3 Å². The van der Waals surface area contributed by atoms with E-state index in [4.69, 9.17) is 14.2 Å². The first-order chi connectivity index (χ1) is 16.0. The zero-order chi connectivity index (χ0) is 23.5. The molecule has 0 saturated carbocycles. The lowest BCUT2D eigenvalue weighted by molar-refractivity contribution is -0.142. The van der Waals surface area contributed by atoms with E-state index in [1.54, 1.807) is 18.9 Å². The number of fused-ring (bicyclic) bond motifs is 2. The summed E-state index contributed by atoms with van der Waals surface area (Å²) in [4.78, 5) is 27.2. The molecule has 6 heteroatoms. The number of methoxy groups -OCH3 is 1. The minimum atomic E-state index is -0.266. The molecule has 0 aliphatic carbocycles. The highest BCUT2D eigenvalue weighted by atomic mass is 16.5. The second-order valence-corrected chi connectivity index (χ2v) is 8.14. The van der Waals surface area contributed by atoms with E-state index in [2.05, 4.69) is 6.92 Å². The van der Waals surface area contributed by atoms with E-state index in [0.29, 0.717) is 30.2 Å². The number of rotatable bonds is 8. The summed E-state index contributed by atoms with van der Waals surface area (Å²) in [6, 6.07) is 15.3. The van der Waals surface area contributed by atoms with Gasteiger partial charge < -0.3 is 19.1 Å². The molecule has 1 atom stereocenters. The number of esters is 1. The number of hydrogen-bond donors (Lipinski definition) is 0. The summed E-state index contributed by atoms with van der Waals surface area (Å²) >= 11 is 0. The molecule has 3 aromatic carbocycles. The third-order valence-corrected chi connectivity index (χ3v) is 5.99. The van der Waals surface area contributed by atoms with Gasteiger partial charge in [-0.2, -0.15) is 0 Å². The molecule has 6 nitrogen and oxygen atoms in total. The smallest absolute Gasteiger partial charge is 0.310 e. The molecule has 0 fully saturated rings. The van der Waals surface area contributed by atoms with Crippen molar-refractivity contribution in [3.8, 4) is 11.5 Å². The Hall–Kier alpha value is -3.54. The zero-order valence-corrected chi connectivity index (χ0v) is 19.5. The predicted octanol–water partition coefficient (Wildman–Crippen LogP) is 5.29. The monoisotopic (exact) mass is 447 g/mol. The lowest BCUT2D eigenvalue weighted by Crippen LogP contribution is -2.23. The van der Waals surface area contributed by atoms with Gasteiger partial charge in [-0.15, -0.1) is 0 Å². The Morgan fingerprint density at radius 2 is 1.70 bits per heavy atom. The molecule has 1 heterocycles. The molecule has 0 bridgehead atoms. The Kier molecular flexibility index (Phi) is 6.54. The standard InChI is InChI=1S/C27H29NO5/c1-5-17(3)33-26-21-10-8-7-9-20(21)25(31-4)22-16-28(27(30)24(22)26)19-13-11-18(12-14-19)15-23(29)32-6-2/h7-14,17H,5-6,15-16H2,1-4H3. The highest BCUT2D eigenvalue weighted by molar-refractivity contribution is 6.16. The average molecular weight is 448 g/mol. The predicted molar refractivity (Wildman–Crippen MR) is 128 cm³/mol. The minimum absolute atomic E-state index is 0.0325. The minimum Gasteiger partial charge on any atom is -0.496 e. The second kappa shape index (κ2) is 9.53. The van der Waals surface area contributed by atoms with Gasteiger partial charge in [-0.25, -0.2) is 0 Å². The van der Waals surface area contributed by atoms with Crippen molar-refractivity contribution in [1.82, 2.24) is 0 Å². The number of nitrogens with zero attached hydrogens (tertiary/aromatic N) is 1. The number of hydrogen-bond acceptors (Lipinski definition) is 5. The molecule has 172 valence electrons. The zero-order valence-electron chi connectivity index (χ0n) is 19.5. The fourth-order valence-corrected chi connectivity index (χ4v) is 4.19. The quantitative estimate of drug-likeness (QED) is 0.439. The van der Waals surface area contributed by atoms with E-state index in [-0.39, 0.29) is 24.4 Å². The van der Waals surface area contributed by atoms with Gasteiger partial charge in [0.1, 0.15) is 11.5 Å². The fraction of sp³-hybridized carbons (Fsp3) is 0.333. The molecule has 3 aromatic rings. The third kappa shape index (κ3) is 4.25. The van der Waals surface area contributed by atoms with Crippen LogP contribution in [0.1, 0.15) is 48.7 Å². The first-order valence-electron chi connectivity index (χ1n) is 11.3. The number of anilines is 1. The van der Waals surface area contributed by atoms with E-state index in [0.717, 1.165) is 34.0 Å². The molecule has 1 aliphatic rings. The molecule has 1 aliphatic heterocycles. The normalized spacial score (nSPS) is 13.7. The van der Waals surface area contributed by atoms with Crippen LogP contribution in [0.15, 0.2) is 48.5 Å². The van der Waals surface area contributed by atoms with Crippen LogP contribution in [0.25, 0.3) is 10.8 Å². The lowest BCUT2D eigenvalue weighted by atomic mass is 9.99. The van der Waals surface area contributed by atoms with E-state index in [9.17, 15) is 9.59 Å². The Balaban J connectivity index is 1.75. The first kappa shape index (κ1) is 22.6. The highest BCUT2D eigenvalue weighted by Gasteiger charge is 2.37. The van der Waals surface area contributed by atoms with Crippen molar-refractivity contribution < 1.29 is 23.8 Å². The molecule has 1 unspecified atom stereocenters. The van der Waals surface area contributed by atoms with Crippen LogP contribution in [0, 0.1) is 0 Å². The Morgan fingerprint density at radius 1 is 1.03 bits per heavy atom. The van der Waals surface area contributed by atoms with E-state index in [1.165, 1.54) is 0 Å². The highest BCUT2D eigenvalue weighted by Crippen LogP contribution is 2.46. The maximum Gasteiger partial charge on any atom is 0.310 e. The summed E-state index contributed by atoms with van der Waals surface area (Å²) in [5.74, 6) is 0.928. The van der Waals surface area contributed by atoms with E-state index >= 15 is 0 Å². The molecular formula is C27H29NO5. The summed E-state index contributed by atoms with van der Waals surface area (Å²) in [7, 11) is 1.63. The molecule has 0 aromatic heterocycles. The van der Waals surface area contributed by atoms with Gasteiger partial charge in [0.2, 0.25) is 0 Å². The van der Waals surface area contributed by atoms with Crippen LogP contribution in [-0.4, -0.2) is 31.7 Å². The first-order valence-corrected chi connectivity index (χ1v) is 11.3. The number of carbonyl (C=O) groups excluding carboxylic acids is 2. The van der Waals surface area contributed by atoms with Crippen molar-refractivity contribution in [3.05, 3.63) is 65.2 Å². The second-order valence-electron chi connectivity index (χ2n) is 8.14. The van der Waals surface area contributed by atoms with Gasteiger partial charge in [0, 0.05) is 22.0 Å². The molecule has 0 N–H and O–H groups in total. The lowest BCUT2D eigenvalue weighted by Gasteiger charge is -2.19. The van der Waals surface area contributed by atoms with Gasteiger partial charge in [0.05, 0.1) is 38.3 Å². The topological polar surface area (TPSA) is 65.1 Å². The number of carbonyl (C=O) groups is 2. The van der Waals surface area contributed by atoms with Crippen molar-refractivity contribution in [2.75, 3.05) is 18.6 Å². The maximum atomic E-state index is 13.7. The van der Waals surface area contributed by atoms with Crippen LogP contribution >= 0.6 is 0 Å². The fourth-order valence-electron chi connectivity index (χ4n) is 4.19. The van der Waals surface area contributed by atoms with Gasteiger partial charge in [-0.05, 0) is 38.0 Å². The number of amides is 1. The third-order valence-electron chi connectivity index (χ3n) is 5.99. The summed E-state index contributed by atoms with van der Waals surface area (Å²) < 4.78 is 17.1. The molecule has 0 radical (unpaired) electrons. The molecule has 4 rings (SSSR count). The Morgan fingerprint density at radius 3 is 2.30 bits per heavy atom.